The number of nitrogens with zero attached hydrogens (tertiary/aromatic N) is 2. The van der Waals surface area contributed by atoms with E-state index in [0.29, 0.717) is 12.5 Å². The molecule has 6 atom stereocenters. The van der Waals surface area contributed by atoms with Gasteiger partial charge in [0.2, 0.25) is 10.0 Å². The molecule has 3 fully saturated rings. The van der Waals surface area contributed by atoms with Crippen molar-refractivity contribution in [2.75, 3.05) is 69.7 Å². The first-order valence-corrected chi connectivity index (χ1v) is 21.3. The molecule has 3 aliphatic heterocycles. The molecule has 298 valence electrons. The number of nitrogens with two attached hydrogens (primary N) is 1. The summed E-state index contributed by atoms with van der Waals surface area (Å²) in [4.78, 5) is 16.5. The fraction of sp³-hybridized carbons (Fsp3) is 0.585. The van der Waals surface area contributed by atoms with Gasteiger partial charge in [0.1, 0.15) is 5.75 Å². The number of aromatic carboxylic acids is 1. The van der Waals surface area contributed by atoms with Gasteiger partial charge in [0.15, 0.2) is 0 Å². The van der Waals surface area contributed by atoms with Crippen LogP contribution in [0.15, 0.2) is 61.7 Å². The van der Waals surface area contributed by atoms with E-state index in [1.54, 1.807) is 30.4 Å². The summed E-state index contributed by atoms with van der Waals surface area (Å²) in [5, 5.41) is 29.0. The first-order chi connectivity index (χ1) is 25.7. The summed E-state index contributed by atoms with van der Waals surface area (Å²) in [5.41, 5.74) is 3.44. The van der Waals surface area contributed by atoms with Crippen molar-refractivity contribution in [3.8, 4) is 5.75 Å². The quantitative estimate of drug-likeness (QED) is 0.239. The molecule has 54 heavy (non-hydrogen) atoms. The highest BCUT2D eigenvalue weighted by atomic mass is 35.5. The fourth-order valence-corrected chi connectivity index (χ4v) is 9.44. The average Bonchev–Trinajstić information content (AvgIpc) is 3.25. The third-order valence-electron chi connectivity index (χ3n) is 11.9. The SMILES string of the molecule is C1CN(C2COC2)CCN1.C=C[C@H](C)[C@H](C)CS(N)(=O)=O.C=C[C@H](O)[C@@H]1CC[C@H]1CN1C[C@@]2(CCCc3cc(Cl)ccc32)COc2ccc(C(=O)O)cc21. The van der Waals surface area contributed by atoms with Crippen LogP contribution in [0, 0.1) is 23.7 Å². The molecule has 0 amide bonds. The average molecular weight is 787 g/mol. The summed E-state index contributed by atoms with van der Waals surface area (Å²) < 4.78 is 32.7. The van der Waals surface area contributed by atoms with Crippen molar-refractivity contribution >= 4 is 33.3 Å². The van der Waals surface area contributed by atoms with Gasteiger partial charge in [-0.2, -0.15) is 0 Å². The minimum atomic E-state index is -3.33. The Bertz CT molecular complexity index is 1720. The largest absolute Gasteiger partial charge is 0.490 e. The Labute approximate surface area is 326 Å². The number of aryl methyl sites for hydroxylation is 1. The number of nitrogens with one attached hydrogen (secondary N) is 1. The van der Waals surface area contributed by atoms with Gasteiger partial charge in [-0.05, 0) is 97.2 Å². The number of hydrogen-bond acceptors (Lipinski definition) is 9. The minimum Gasteiger partial charge on any atom is -0.490 e. The molecule has 13 heteroatoms. The number of rotatable bonds is 10. The van der Waals surface area contributed by atoms with Crippen molar-refractivity contribution in [1.29, 1.82) is 0 Å². The number of hydrogen-bond donors (Lipinski definition) is 4. The smallest absolute Gasteiger partial charge is 0.335 e. The van der Waals surface area contributed by atoms with Crippen molar-refractivity contribution < 1.29 is 32.9 Å². The molecule has 1 saturated carbocycles. The van der Waals surface area contributed by atoms with Crippen LogP contribution in [0.3, 0.4) is 0 Å². The monoisotopic (exact) mass is 786 g/mol. The normalized spacial score (nSPS) is 25.5. The van der Waals surface area contributed by atoms with Crippen molar-refractivity contribution in [3.63, 3.8) is 0 Å². The molecule has 0 unspecified atom stereocenters. The van der Waals surface area contributed by atoms with E-state index < -0.39 is 22.1 Å². The highest BCUT2D eigenvalue weighted by Crippen LogP contribution is 2.46. The second-order valence-electron chi connectivity index (χ2n) is 15.7. The number of carboxylic acid groups (broad SMARTS) is 1. The molecule has 0 radical (unpaired) electrons. The fourth-order valence-electron chi connectivity index (χ4n) is 8.21. The lowest BCUT2D eigenvalue weighted by Crippen LogP contribution is -2.55. The predicted molar refractivity (Wildman–Crippen MR) is 215 cm³/mol. The van der Waals surface area contributed by atoms with Crippen LogP contribution in [0.1, 0.15) is 61.0 Å². The number of fused-ring (bicyclic) bond motifs is 3. The lowest BCUT2D eigenvalue weighted by molar-refractivity contribution is -0.0677. The lowest BCUT2D eigenvalue weighted by Gasteiger charge is -2.45. The van der Waals surface area contributed by atoms with E-state index >= 15 is 0 Å². The Balaban J connectivity index is 0.000000217. The van der Waals surface area contributed by atoms with Crippen molar-refractivity contribution in [1.82, 2.24) is 10.2 Å². The third kappa shape index (κ3) is 10.7. The van der Waals surface area contributed by atoms with Gasteiger partial charge in [-0.15, -0.1) is 13.2 Å². The predicted octanol–water partition coefficient (Wildman–Crippen LogP) is 5.11. The van der Waals surface area contributed by atoms with Crippen LogP contribution in [-0.2, 0) is 26.6 Å². The van der Waals surface area contributed by atoms with Gasteiger partial charge in [0.05, 0.1) is 49.0 Å². The van der Waals surface area contributed by atoms with E-state index in [0.717, 1.165) is 94.0 Å². The standard InChI is InChI=1S/C27H30ClNO4.C7H14N2O.C7H15NO2S/c1-2-24(30)21-8-5-19(21)14-29-15-27(11-3-4-17-12-20(28)7-9-22(17)27)16-33-25-10-6-18(26(31)32)13-23(25)29;1-3-9(4-2-8-1)7-5-10-6-7;1-4-6(2)7(3)5-11(8,9)10/h2,6-7,9-10,12-13,19,21,24,30H,1,3-5,8,11,14-16H2,(H,31,32);7-8H,1-6H2;4,6-7H,1,5H2,2-3H3,(H2,8,9,10)/t19-,21+,24-,27-;;6-,7+/m0.0/s1. The minimum absolute atomic E-state index is 0.0280. The molecule has 0 bridgehead atoms. The lowest BCUT2D eigenvalue weighted by atomic mass is 9.68. The highest BCUT2D eigenvalue weighted by molar-refractivity contribution is 7.89. The van der Waals surface area contributed by atoms with E-state index in [-0.39, 0.29) is 34.5 Å². The molecule has 1 spiro atoms. The summed E-state index contributed by atoms with van der Waals surface area (Å²) in [6.45, 7) is 19.8. The van der Waals surface area contributed by atoms with Gasteiger partial charge in [-0.1, -0.05) is 43.7 Å². The van der Waals surface area contributed by atoms with E-state index in [1.165, 1.54) is 24.2 Å². The maximum absolute atomic E-state index is 11.7. The molecule has 5 N–H and O–H groups in total. The Morgan fingerprint density at radius 2 is 1.87 bits per heavy atom. The van der Waals surface area contributed by atoms with Crippen LogP contribution in [0.25, 0.3) is 0 Å². The number of halogens is 1. The van der Waals surface area contributed by atoms with Gasteiger partial charge < -0.3 is 29.9 Å². The number of aliphatic hydroxyl groups excluding tert-OH is 1. The number of allylic oxidation sites excluding steroid dienone is 1. The van der Waals surface area contributed by atoms with Crippen LogP contribution in [0.4, 0.5) is 5.69 Å². The van der Waals surface area contributed by atoms with Crippen LogP contribution < -0.4 is 20.1 Å². The number of sulfonamides is 1. The highest BCUT2D eigenvalue weighted by Gasteiger charge is 2.44. The molecule has 2 aromatic carbocycles. The summed E-state index contributed by atoms with van der Waals surface area (Å²) >= 11 is 6.31. The van der Waals surface area contributed by atoms with Crippen molar-refractivity contribution in [2.45, 2.75) is 63.5 Å². The van der Waals surface area contributed by atoms with E-state index in [9.17, 15) is 23.4 Å². The molecule has 2 aromatic rings. The number of aliphatic hydroxyl groups is 1. The van der Waals surface area contributed by atoms with E-state index in [2.05, 4.69) is 40.4 Å². The first kappa shape index (κ1) is 42.2. The third-order valence-corrected chi connectivity index (χ3v) is 13.2. The first-order valence-electron chi connectivity index (χ1n) is 19.2. The van der Waals surface area contributed by atoms with Crippen molar-refractivity contribution in [3.05, 3.63) is 83.4 Å². The summed E-state index contributed by atoms with van der Waals surface area (Å²) in [7, 11) is -3.33. The van der Waals surface area contributed by atoms with Gasteiger partial charge >= 0.3 is 5.97 Å². The maximum atomic E-state index is 11.7. The topological polar surface area (TPSA) is 155 Å². The summed E-state index contributed by atoms with van der Waals surface area (Å²) in [5.74, 6) is 0.543. The van der Waals surface area contributed by atoms with Gasteiger partial charge in [-0.3, -0.25) is 4.90 Å². The Morgan fingerprint density at radius 3 is 2.46 bits per heavy atom. The molecule has 5 aliphatic rings. The molecule has 3 heterocycles. The number of anilines is 1. The van der Waals surface area contributed by atoms with Gasteiger partial charge in [0, 0.05) is 49.7 Å². The zero-order chi connectivity index (χ0) is 39.0. The van der Waals surface area contributed by atoms with Crippen LogP contribution in [-0.4, -0.2) is 106 Å². The second kappa shape index (κ2) is 18.8. The molecule has 11 nitrogen and oxygen atoms in total. The Morgan fingerprint density at radius 1 is 1.13 bits per heavy atom. The number of ether oxygens (including phenoxy) is 2. The van der Waals surface area contributed by atoms with E-state index in [1.807, 2.05) is 19.9 Å². The van der Waals surface area contributed by atoms with Crippen LogP contribution in [0.5, 0.6) is 5.75 Å². The van der Waals surface area contributed by atoms with Gasteiger partial charge in [-0.25, -0.2) is 18.4 Å². The second-order valence-corrected chi connectivity index (χ2v) is 17.8. The van der Waals surface area contributed by atoms with Crippen molar-refractivity contribution in [2.24, 2.45) is 28.8 Å². The summed E-state index contributed by atoms with van der Waals surface area (Å²) in [6.07, 6.45) is 7.94. The number of carboxylic acids is 1. The molecule has 7 rings (SSSR count). The zero-order valence-corrected chi connectivity index (χ0v) is 33.4. The number of carbonyl (C=O) groups is 1. The zero-order valence-electron chi connectivity index (χ0n) is 31.8. The maximum Gasteiger partial charge on any atom is 0.335 e. The number of benzene rings is 2. The molecule has 2 saturated heterocycles. The molecular weight excluding hydrogens is 728 g/mol. The number of piperazine rings is 1. The molecule has 2 aliphatic carbocycles. The van der Waals surface area contributed by atoms with Gasteiger partial charge in [0.25, 0.3) is 0 Å². The Hall–Kier alpha value is -2.97. The van der Waals surface area contributed by atoms with E-state index in [4.69, 9.17) is 26.2 Å². The van der Waals surface area contributed by atoms with Crippen LogP contribution >= 0.6 is 11.6 Å². The summed E-state index contributed by atoms with van der Waals surface area (Å²) in [6, 6.07) is 12.0. The molecule has 0 aromatic heterocycles. The Kier molecular flexibility index (Phi) is 14.7. The van der Waals surface area contributed by atoms with Crippen LogP contribution in [0.2, 0.25) is 5.02 Å². The number of primary sulfonamides is 1. The molecular formula is C41H59ClN4O7S.